The normalized spacial score (nSPS) is 11.0. The Kier molecular flexibility index (Phi) is 9.46. The number of nitrogens with one attached hydrogen (secondary N) is 2. The number of amides is 1. The number of benzene rings is 4. The highest BCUT2D eigenvalue weighted by molar-refractivity contribution is 6.34. The lowest BCUT2D eigenvalue weighted by Crippen LogP contribution is -2.19. The van der Waals surface area contributed by atoms with Crippen LogP contribution in [-0.4, -0.2) is 43.4 Å². The number of para-hydroxylation sites is 2. The van der Waals surface area contributed by atoms with E-state index in [9.17, 15) is 9.59 Å². The number of esters is 1. The SMILES string of the molecule is CCOc1ccc(C(=O)Oc2ccccc2C=NNC(=O)c2[nH]c3c(OC)cccc3c2-c2ccccc2Cl)cc1OCC. The lowest BCUT2D eigenvalue weighted by Gasteiger charge is -2.12. The van der Waals surface area contributed by atoms with Gasteiger partial charge in [0, 0.05) is 27.1 Å². The first-order valence-corrected chi connectivity index (χ1v) is 14.3. The zero-order valence-corrected chi connectivity index (χ0v) is 25.1. The number of hydrogen-bond acceptors (Lipinski definition) is 7. The molecule has 0 bridgehead atoms. The Balaban J connectivity index is 1.39. The van der Waals surface area contributed by atoms with Crippen molar-refractivity contribution in [3.63, 3.8) is 0 Å². The zero-order chi connectivity index (χ0) is 31.1. The first-order valence-electron chi connectivity index (χ1n) is 13.9. The molecule has 224 valence electrons. The van der Waals surface area contributed by atoms with E-state index in [1.165, 1.54) is 6.21 Å². The lowest BCUT2D eigenvalue weighted by molar-refractivity contribution is 0.0733. The number of hydrogen-bond donors (Lipinski definition) is 2. The predicted molar refractivity (Wildman–Crippen MR) is 171 cm³/mol. The van der Waals surface area contributed by atoms with Crippen LogP contribution >= 0.6 is 11.6 Å². The van der Waals surface area contributed by atoms with E-state index in [4.69, 9.17) is 30.5 Å². The Hall–Kier alpha value is -5.28. The lowest BCUT2D eigenvalue weighted by atomic mass is 10.0. The molecule has 5 aromatic rings. The highest BCUT2D eigenvalue weighted by Crippen LogP contribution is 2.39. The Morgan fingerprint density at radius 1 is 0.864 bits per heavy atom. The fourth-order valence-electron chi connectivity index (χ4n) is 4.71. The van der Waals surface area contributed by atoms with Crippen molar-refractivity contribution in [1.82, 2.24) is 10.4 Å². The van der Waals surface area contributed by atoms with Crippen molar-refractivity contribution in [2.45, 2.75) is 13.8 Å². The number of aromatic amines is 1. The quantitative estimate of drug-likeness (QED) is 0.0703. The molecule has 0 aliphatic rings. The first-order chi connectivity index (χ1) is 21.4. The second-order valence-corrected chi connectivity index (χ2v) is 9.80. The Bertz CT molecular complexity index is 1850. The average Bonchev–Trinajstić information content (AvgIpc) is 3.43. The van der Waals surface area contributed by atoms with Gasteiger partial charge in [-0.3, -0.25) is 4.79 Å². The van der Waals surface area contributed by atoms with Crippen molar-refractivity contribution in [2.24, 2.45) is 5.10 Å². The van der Waals surface area contributed by atoms with Gasteiger partial charge in [-0.1, -0.05) is 54.1 Å². The number of carbonyl (C=O) groups is 2. The number of nitrogens with zero attached hydrogens (tertiary/aromatic N) is 1. The molecule has 0 saturated heterocycles. The Labute approximate surface area is 259 Å². The van der Waals surface area contributed by atoms with Crippen LogP contribution in [0.3, 0.4) is 0 Å². The van der Waals surface area contributed by atoms with E-state index in [1.807, 2.05) is 44.2 Å². The van der Waals surface area contributed by atoms with Gasteiger partial charge in [-0.15, -0.1) is 0 Å². The minimum absolute atomic E-state index is 0.259. The molecule has 0 aliphatic heterocycles. The highest BCUT2D eigenvalue weighted by atomic mass is 35.5. The number of rotatable bonds is 11. The molecule has 0 unspecified atom stereocenters. The summed E-state index contributed by atoms with van der Waals surface area (Å²) in [5.74, 6) is 0.744. The van der Waals surface area contributed by atoms with Gasteiger partial charge in [-0.2, -0.15) is 5.10 Å². The fourth-order valence-corrected chi connectivity index (χ4v) is 4.94. The highest BCUT2D eigenvalue weighted by Gasteiger charge is 2.22. The summed E-state index contributed by atoms with van der Waals surface area (Å²) in [5, 5.41) is 5.42. The topological polar surface area (TPSA) is 111 Å². The number of hydrazone groups is 1. The van der Waals surface area contributed by atoms with E-state index < -0.39 is 11.9 Å². The molecule has 0 fully saturated rings. The van der Waals surface area contributed by atoms with Crippen LogP contribution in [0.25, 0.3) is 22.0 Å². The molecular weight excluding hydrogens is 582 g/mol. The van der Waals surface area contributed by atoms with Crippen molar-refractivity contribution in [3.8, 4) is 34.1 Å². The predicted octanol–water partition coefficient (Wildman–Crippen LogP) is 7.28. The molecule has 9 nitrogen and oxygen atoms in total. The smallest absolute Gasteiger partial charge is 0.343 e. The molecule has 2 N–H and O–H groups in total. The van der Waals surface area contributed by atoms with Crippen LogP contribution < -0.4 is 24.4 Å². The summed E-state index contributed by atoms with van der Waals surface area (Å²) >= 11 is 6.54. The summed E-state index contributed by atoms with van der Waals surface area (Å²) in [4.78, 5) is 29.7. The second-order valence-electron chi connectivity index (χ2n) is 9.39. The summed E-state index contributed by atoms with van der Waals surface area (Å²) in [6.45, 7) is 4.59. The summed E-state index contributed by atoms with van der Waals surface area (Å²) in [7, 11) is 1.56. The van der Waals surface area contributed by atoms with E-state index >= 15 is 0 Å². The third-order valence-corrected chi connectivity index (χ3v) is 6.99. The van der Waals surface area contributed by atoms with Gasteiger partial charge in [-0.05, 0) is 56.3 Å². The summed E-state index contributed by atoms with van der Waals surface area (Å²) in [5.41, 5.74) is 5.55. The van der Waals surface area contributed by atoms with Crippen LogP contribution in [0.5, 0.6) is 23.0 Å². The van der Waals surface area contributed by atoms with Crippen molar-refractivity contribution < 1.29 is 28.5 Å². The number of methoxy groups -OCH3 is 1. The largest absolute Gasteiger partial charge is 0.495 e. The summed E-state index contributed by atoms with van der Waals surface area (Å²) in [6, 6.07) is 24.5. The minimum Gasteiger partial charge on any atom is -0.495 e. The Morgan fingerprint density at radius 3 is 2.36 bits per heavy atom. The van der Waals surface area contributed by atoms with E-state index in [2.05, 4.69) is 15.5 Å². The molecule has 5 rings (SSSR count). The number of halogens is 1. The molecule has 1 heterocycles. The standard InChI is InChI=1S/C34H30ClN3O6/c1-4-42-27-18-17-21(19-29(27)43-5-2)34(40)44-26-15-9-6-11-22(26)20-36-38-33(39)32-30(23-12-7-8-14-25(23)35)24-13-10-16-28(41-3)31(24)37-32/h6-20,37H,4-5H2,1-3H3,(H,38,39). The molecule has 1 aromatic heterocycles. The van der Waals surface area contributed by atoms with Gasteiger partial charge >= 0.3 is 5.97 Å². The first kappa shape index (κ1) is 30.2. The number of aromatic nitrogens is 1. The second kappa shape index (κ2) is 13.8. The van der Waals surface area contributed by atoms with Crippen LogP contribution in [0.1, 0.15) is 40.3 Å². The third-order valence-electron chi connectivity index (χ3n) is 6.66. The van der Waals surface area contributed by atoms with Gasteiger partial charge in [0.05, 0.1) is 37.6 Å². The van der Waals surface area contributed by atoms with Gasteiger partial charge in [0.15, 0.2) is 11.5 Å². The van der Waals surface area contributed by atoms with E-state index in [1.54, 1.807) is 61.7 Å². The maximum absolute atomic E-state index is 13.5. The van der Waals surface area contributed by atoms with Crippen molar-refractivity contribution >= 4 is 40.6 Å². The van der Waals surface area contributed by atoms with Gasteiger partial charge in [0.2, 0.25) is 0 Å². The van der Waals surface area contributed by atoms with Crippen LogP contribution in [0.15, 0.2) is 90.0 Å². The molecular formula is C34H30ClN3O6. The molecule has 4 aromatic carbocycles. The molecule has 10 heteroatoms. The monoisotopic (exact) mass is 611 g/mol. The molecule has 0 atom stereocenters. The number of ether oxygens (including phenoxy) is 4. The molecule has 0 aliphatic carbocycles. The van der Waals surface area contributed by atoms with Crippen LogP contribution in [0, 0.1) is 0 Å². The molecule has 0 radical (unpaired) electrons. The summed E-state index contributed by atoms with van der Waals surface area (Å²) < 4.78 is 22.4. The van der Waals surface area contributed by atoms with Gasteiger partial charge in [-0.25, -0.2) is 10.2 Å². The van der Waals surface area contributed by atoms with Crippen molar-refractivity contribution in [1.29, 1.82) is 0 Å². The fraction of sp³-hybridized carbons (Fsp3) is 0.147. The van der Waals surface area contributed by atoms with Crippen LogP contribution in [0.4, 0.5) is 0 Å². The molecule has 0 saturated carbocycles. The molecule has 44 heavy (non-hydrogen) atoms. The number of carbonyl (C=O) groups excluding carboxylic acids is 2. The minimum atomic E-state index is -0.588. The van der Waals surface area contributed by atoms with Gasteiger partial charge < -0.3 is 23.9 Å². The number of fused-ring (bicyclic) bond motifs is 1. The van der Waals surface area contributed by atoms with Gasteiger partial charge in [0.25, 0.3) is 5.91 Å². The zero-order valence-electron chi connectivity index (χ0n) is 24.3. The average molecular weight is 612 g/mol. The van der Waals surface area contributed by atoms with E-state index in [-0.39, 0.29) is 11.4 Å². The Morgan fingerprint density at radius 2 is 1.59 bits per heavy atom. The molecule has 1 amide bonds. The van der Waals surface area contributed by atoms with Crippen LogP contribution in [-0.2, 0) is 0 Å². The number of H-pyrrole nitrogens is 1. The molecule has 0 spiro atoms. The van der Waals surface area contributed by atoms with E-state index in [0.717, 1.165) is 5.39 Å². The van der Waals surface area contributed by atoms with Gasteiger partial charge in [0.1, 0.15) is 17.2 Å². The van der Waals surface area contributed by atoms with Crippen molar-refractivity contribution in [2.75, 3.05) is 20.3 Å². The van der Waals surface area contributed by atoms with E-state index in [0.29, 0.717) is 63.3 Å². The van der Waals surface area contributed by atoms with Crippen molar-refractivity contribution in [3.05, 3.63) is 107 Å². The third kappa shape index (κ3) is 6.38. The van der Waals surface area contributed by atoms with Crippen LogP contribution in [0.2, 0.25) is 5.02 Å². The summed E-state index contributed by atoms with van der Waals surface area (Å²) in [6.07, 6.45) is 1.41. The maximum atomic E-state index is 13.5. The maximum Gasteiger partial charge on any atom is 0.343 e.